The largest absolute Gasteiger partial charge is 0.501 e. The van der Waals surface area contributed by atoms with E-state index in [2.05, 4.69) is 46.9 Å². The maximum absolute atomic E-state index is 6.17. The predicted octanol–water partition coefficient (Wildman–Crippen LogP) is 2.99. The molecule has 1 aliphatic heterocycles. The summed E-state index contributed by atoms with van der Waals surface area (Å²) in [6.07, 6.45) is 3.95. The Kier molecular flexibility index (Phi) is 3.64. The second-order valence-electron chi connectivity index (χ2n) is 3.70. The molecule has 0 bridgehead atoms. The molecule has 2 N–H and O–H groups in total. The van der Waals surface area contributed by atoms with Gasteiger partial charge in [0.1, 0.15) is 0 Å². The number of nitrogens with two attached hydrogens (primary N) is 1. The molecule has 0 radical (unpaired) electrons. The third-order valence-corrected chi connectivity index (χ3v) is 3.31. The van der Waals surface area contributed by atoms with Gasteiger partial charge in [-0.3, -0.25) is 0 Å². The molecule has 2 nitrogen and oxygen atoms in total. The Morgan fingerprint density at radius 2 is 2.00 bits per heavy atom. The third kappa shape index (κ3) is 2.72. The van der Waals surface area contributed by atoms with Gasteiger partial charge in [-0.15, -0.1) is 0 Å². The molecule has 1 heterocycles. The van der Waals surface area contributed by atoms with E-state index in [0.29, 0.717) is 0 Å². The standard InChI is InChI=1S/C12H14INO/c13-11-5-3-9(4-6-11)12(14)10-2-1-7-15-8-10/h3-6,8,12H,1-2,7,14H2. The van der Waals surface area contributed by atoms with E-state index in [1.165, 1.54) is 9.14 Å². The van der Waals surface area contributed by atoms with Gasteiger partial charge in [0.15, 0.2) is 0 Å². The monoisotopic (exact) mass is 315 g/mol. The summed E-state index contributed by atoms with van der Waals surface area (Å²) in [5, 5.41) is 0. The minimum atomic E-state index is -0.0118. The Morgan fingerprint density at radius 3 is 2.60 bits per heavy atom. The zero-order valence-corrected chi connectivity index (χ0v) is 10.6. The number of hydrogen-bond acceptors (Lipinski definition) is 2. The van der Waals surface area contributed by atoms with E-state index in [4.69, 9.17) is 10.5 Å². The van der Waals surface area contributed by atoms with Crippen molar-refractivity contribution in [2.75, 3.05) is 6.61 Å². The molecule has 0 amide bonds. The summed E-state index contributed by atoms with van der Waals surface area (Å²) < 4.78 is 6.54. The summed E-state index contributed by atoms with van der Waals surface area (Å²) in [5.41, 5.74) is 8.53. The van der Waals surface area contributed by atoms with Crippen LogP contribution in [0.1, 0.15) is 24.4 Å². The smallest absolute Gasteiger partial charge is 0.0876 e. The molecule has 0 saturated heterocycles. The summed E-state index contributed by atoms with van der Waals surface area (Å²) in [6, 6.07) is 8.33. The maximum atomic E-state index is 6.17. The first-order chi connectivity index (χ1) is 7.27. The molecule has 1 aliphatic rings. The van der Waals surface area contributed by atoms with Crippen LogP contribution in [0.2, 0.25) is 0 Å². The molecule has 0 spiro atoms. The lowest BCUT2D eigenvalue weighted by Crippen LogP contribution is -2.16. The molecule has 0 fully saturated rings. The molecule has 3 heteroatoms. The fourth-order valence-electron chi connectivity index (χ4n) is 1.70. The summed E-state index contributed by atoms with van der Waals surface area (Å²) in [7, 11) is 0. The summed E-state index contributed by atoms with van der Waals surface area (Å²) in [4.78, 5) is 0. The van der Waals surface area contributed by atoms with Crippen LogP contribution >= 0.6 is 22.6 Å². The molecule has 15 heavy (non-hydrogen) atoms. The highest BCUT2D eigenvalue weighted by atomic mass is 127. The molecule has 80 valence electrons. The quantitative estimate of drug-likeness (QED) is 0.852. The molecule has 1 aromatic carbocycles. The Hall–Kier alpha value is -0.550. The van der Waals surface area contributed by atoms with Gasteiger partial charge in [-0.25, -0.2) is 0 Å². The minimum Gasteiger partial charge on any atom is -0.501 e. The van der Waals surface area contributed by atoms with E-state index in [1.807, 2.05) is 6.26 Å². The first-order valence-corrected chi connectivity index (χ1v) is 6.17. The van der Waals surface area contributed by atoms with Crippen molar-refractivity contribution in [3.63, 3.8) is 0 Å². The first-order valence-electron chi connectivity index (χ1n) is 5.09. The lowest BCUT2D eigenvalue weighted by Gasteiger charge is -2.20. The maximum Gasteiger partial charge on any atom is 0.0876 e. The highest BCUT2D eigenvalue weighted by molar-refractivity contribution is 14.1. The van der Waals surface area contributed by atoms with Crippen LogP contribution < -0.4 is 5.73 Å². The lowest BCUT2D eigenvalue weighted by molar-refractivity contribution is 0.221. The fourth-order valence-corrected chi connectivity index (χ4v) is 2.06. The van der Waals surface area contributed by atoms with E-state index < -0.39 is 0 Å². The molecule has 1 aromatic rings. The topological polar surface area (TPSA) is 35.2 Å². The number of halogens is 1. The lowest BCUT2D eigenvalue weighted by atomic mass is 9.96. The van der Waals surface area contributed by atoms with Crippen LogP contribution in [0.3, 0.4) is 0 Å². The molecule has 1 atom stereocenters. The number of rotatable bonds is 2. The van der Waals surface area contributed by atoms with E-state index >= 15 is 0 Å². The molecule has 1 unspecified atom stereocenters. The van der Waals surface area contributed by atoms with Crippen molar-refractivity contribution in [3.05, 3.63) is 45.2 Å². The van der Waals surface area contributed by atoms with Gasteiger partial charge >= 0.3 is 0 Å². The molecular weight excluding hydrogens is 301 g/mol. The molecule has 2 rings (SSSR count). The van der Waals surface area contributed by atoms with Gasteiger partial charge in [0.25, 0.3) is 0 Å². The zero-order chi connectivity index (χ0) is 10.7. The van der Waals surface area contributed by atoms with E-state index in [0.717, 1.165) is 25.0 Å². The van der Waals surface area contributed by atoms with Crippen molar-refractivity contribution in [1.29, 1.82) is 0 Å². The van der Waals surface area contributed by atoms with Gasteiger partial charge in [-0.05, 0) is 58.7 Å². The van der Waals surface area contributed by atoms with Crippen LogP contribution in [0.25, 0.3) is 0 Å². The van der Waals surface area contributed by atoms with Gasteiger partial charge in [-0.2, -0.15) is 0 Å². The van der Waals surface area contributed by atoms with E-state index in [1.54, 1.807) is 0 Å². The van der Waals surface area contributed by atoms with Crippen LogP contribution in [0.4, 0.5) is 0 Å². The second-order valence-corrected chi connectivity index (χ2v) is 4.94. The van der Waals surface area contributed by atoms with Gasteiger partial charge in [-0.1, -0.05) is 12.1 Å². The van der Waals surface area contributed by atoms with Gasteiger partial charge in [0.2, 0.25) is 0 Å². The highest BCUT2D eigenvalue weighted by Crippen LogP contribution is 2.25. The third-order valence-electron chi connectivity index (χ3n) is 2.59. The number of ether oxygens (including phenoxy) is 1. The molecule has 0 saturated carbocycles. The van der Waals surface area contributed by atoms with Crippen LogP contribution in [-0.4, -0.2) is 6.61 Å². The van der Waals surface area contributed by atoms with Gasteiger partial charge in [0.05, 0.1) is 18.9 Å². The number of hydrogen-bond donors (Lipinski definition) is 1. The SMILES string of the molecule is NC(C1=COCCC1)c1ccc(I)cc1. The summed E-state index contributed by atoms with van der Waals surface area (Å²) in [6.45, 7) is 0.822. The van der Waals surface area contributed by atoms with Crippen molar-refractivity contribution >= 4 is 22.6 Å². The Labute approximate surface area is 104 Å². The zero-order valence-electron chi connectivity index (χ0n) is 8.45. The number of benzene rings is 1. The van der Waals surface area contributed by atoms with E-state index in [9.17, 15) is 0 Å². The van der Waals surface area contributed by atoms with Crippen LogP contribution in [0, 0.1) is 3.57 Å². The normalized spacial score (nSPS) is 17.9. The highest BCUT2D eigenvalue weighted by Gasteiger charge is 2.14. The minimum absolute atomic E-state index is 0.0118. The van der Waals surface area contributed by atoms with Crippen molar-refractivity contribution in [3.8, 4) is 0 Å². The Bertz CT molecular complexity index is 358. The molecular formula is C12H14INO. The van der Waals surface area contributed by atoms with Crippen molar-refractivity contribution in [2.24, 2.45) is 5.73 Å². The molecule has 0 aromatic heterocycles. The van der Waals surface area contributed by atoms with Gasteiger partial charge in [0, 0.05) is 3.57 Å². The molecule has 0 aliphatic carbocycles. The van der Waals surface area contributed by atoms with Crippen molar-refractivity contribution in [1.82, 2.24) is 0 Å². The average Bonchev–Trinajstić information content (AvgIpc) is 2.30. The van der Waals surface area contributed by atoms with Crippen molar-refractivity contribution < 1.29 is 4.74 Å². The Balaban J connectivity index is 2.16. The first kappa shape index (κ1) is 11.0. The van der Waals surface area contributed by atoms with Crippen molar-refractivity contribution in [2.45, 2.75) is 18.9 Å². The predicted molar refractivity (Wildman–Crippen MR) is 69.4 cm³/mol. The van der Waals surface area contributed by atoms with Crippen LogP contribution in [0.5, 0.6) is 0 Å². The summed E-state index contributed by atoms with van der Waals surface area (Å²) >= 11 is 2.29. The fraction of sp³-hybridized carbons (Fsp3) is 0.333. The van der Waals surface area contributed by atoms with E-state index in [-0.39, 0.29) is 6.04 Å². The van der Waals surface area contributed by atoms with Gasteiger partial charge < -0.3 is 10.5 Å². The van der Waals surface area contributed by atoms with Crippen LogP contribution in [0.15, 0.2) is 36.1 Å². The van der Waals surface area contributed by atoms with Crippen LogP contribution in [-0.2, 0) is 4.74 Å². The summed E-state index contributed by atoms with van der Waals surface area (Å²) in [5.74, 6) is 0. The second kappa shape index (κ2) is 4.99. The average molecular weight is 315 g/mol. The Morgan fingerprint density at radius 1 is 1.27 bits per heavy atom.